The molecule has 0 amide bonds. The highest BCUT2D eigenvalue weighted by molar-refractivity contribution is 6.05. The minimum atomic E-state index is -0.468. The third-order valence-corrected chi connectivity index (χ3v) is 4.16. The number of fused-ring (bicyclic) bond motifs is 1. The first-order chi connectivity index (χ1) is 10.2. The summed E-state index contributed by atoms with van der Waals surface area (Å²) in [6.45, 7) is 0. The van der Waals surface area contributed by atoms with Gasteiger partial charge in [0.2, 0.25) is 0 Å². The molecule has 2 aliphatic rings. The van der Waals surface area contributed by atoms with Crippen LogP contribution in [0, 0.1) is 5.82 Å². The summed E-state index contributed by atoms with van der Waals surface area (Å²) in [5, 5.41) is 6.71. The van der Waals surface area contributed by atoms with Crippen molar-refractivity contribution in [2.24, 2.45) is 0 Å². The van der Waals surface area contributed by atoms with E-state index in [4.69, 9.17) is 4.74 Å². The Labute approximate surface area is 123 Å². The van der Waals surface area contributed by atoms with Crippen molar-refractivity contribution in [3.63, 3.8) is 0 Å². The summed E-state index contributed by atoms with van der Waals surface area (Å²) < 4.78 is 18.3. The van der Waals surface area contributed by atoms with E-state index in [0.29, 0.717) is 17.6 Å². The van der Waals surface area contributed by atoms with Crippen LogP contribution in [0.2, 0.25) is 0 Å². The number of benzene rings is 1. The maximum Gasteiger partial charge on any atom is 0.189 e. The summed E-state index contributed by atoms with van der Waals surface area (Å²) in [7, 11) is 1.38. The number of rotatable bonds is 3. The number of ketones is 1. The van der Waals surface area contributed by atoms with Crippen LogP contribution in [0.1, 0.15) is 36.0 Å². The van der Waals surface area contributed by atoms with Crippen molar-refractivity contribution < 1.29 is 13.9 Å². The third-order valence-electron chi connectivity index (χ3n) is 4.16. The van der Waals surface area contributed by atoms with E-state index in [1.54, 1.807) is 6.08 Å². The van der Waals surface area contributed by atoms with E-state index in [2.05, 4.69) is 10.6 Å². The molecule has 1 saturated heterocycles. The van der Waals surface area contributed by atoms with Crippen LogP contribution in [0.25, 0.3) is 0 Å². The highest BCUT2D eigenvalue weighted by Crippen LogP contribution is 2.24. The third kappa shape index (κ3) is 2.86. The molecule has 3 rings (SSSR count). The smallest absolute Gasteiger partial charge is 0.189 e. The minimum Gasteiger partial charge on any atom is -0.494 e. The van der Waals surface area contributed by atoms with Gasteiger partial charge < -0.3 is 15.4 Å². The molecule has 2 atom stereocenters. The zero-order valence-electron chi connectivity index (χ0n) is 12.0. The van der Waals surface area contributed by atoms with E-state index >= 15 is 0 Å². The van der Waals surface area contributed by atoms with Gasteiger partial charge in [-0.1, -0.05) is 12.8 Å². The van der Waals surface area contributed by atoms with Crippen molar-refractivity contribution in [3.8, 4) is 5.75 Å². The van der Waals surface area contributed by atoms with E-state index in [1.165, 1.54) is 38.2 Å². The van der Waals surface area contributed by atoms with Crippen LogP contribution in [0.15, 0.2) is 30.1 Å². The molecule has 5 heteroatoms. The summed E-state index contributed by atoms with van der Waals surface area (Å²) in [5.74, 6) is 0.215. The molecule has 112 valence electrons. The first-order valence-electron chi connectivity index (χ1n) is 7.30. The van der Waals surface area contributed by atoms with Gasteiger partial charge in [0.25, 0.3) is 0 Å². The van der Waals surface area contributed by atoms with E-state index in [1.807, 2.05) is 0 Å². The number of allylic oxidation sites excluding steroid dienone is 1. The van der Waals surface area contributed by atoms with E-state index < -0.39 is 5.82 Å². The topological polar surface area (TPSA) is 50.4 Å². The van der Waals surface area contributed by atoms with Gasteiger partial charge in [-0.05, 0) is 31.0 Å². The van der Waals surface area contributed by atoms with Gasteiger partial charge in [-0.2, -0.15) is 0 Å². The lowest BCUT2D eigenvalue weighted by Crippen LogP contribution is -2.36. The highest BCUT2D eigenvalue weighted by atomic mass is 19.1. The predicted molar refractivity (Wildman–Crippen MR) is 77.7 cm³/mol. The normalized spacial score (nSPS) is 23.8. The highest BCUT2D eigenvalue weighted by Gasteiger charge is 2.31. The molecule has 0 aromatic heterocycles. The van der Waals surface area contributed by atoms with E-state index in [9.17, 15) is 9.18 Å². The summed E-state index contributed by atoms with van der Waals surface area (Å²) in [4.78, 5) is 12.3. The largest absolute Gasteiger partial charge is 0.494 e. The Morgan fingerprint density at radius 3 is 2.57 bits per heavy atom. The SMILES string of the molecule is COc1cc(C(=O)C=C2N[C@H]3CCCC[C@@H]3N2)ccc1F. The van der Waals surface area contributed by atoms with Crippen molar-refractivity contribution in [3.05, 3.63) is 41.5 Å². The lowest BCUT2D eigenvalue weighted by atomic mass is 9.92. The summed E-state index contributed by atoms with van der Waals surface area (Å²) in [6, 6.07) is 4.98. The lowest BCUT2D eigenvalue weighted by molar-refractivity contribution is 0.104. The van der Waals surface area contributed by atoms with Gasteiger partial charge in [0.1, 0.15) is 5.82 Å². The zero-order chi connectivity index (χ0) is 14.8. The number of hydrogen-bond acceptors (Lipinski definition) is 4. The Bertz CT molecular complexity index is 570. The number of hydrogen-bond donors (Lipinski definition) is 2. The Balaban J connectivity index is 1.75. The average Bonchev–Trinajstić information content (AvgIpc) is 2.89. The summed E-state index contributed by atoms with van der Waals surface area (Å²) >= 11 is 0. The molecule has 21 heavy (non-hydrogen) atoms. The molecule has 1 aromatic carbocycles. The average molecular weight is 290 g/mol. The fraction of sp³-hybridized carbons (Fsp3) is 0.438. The second kappa shape index (κ2) is 5.76. The van der Waals surface area contributed by atoms with Crippen LogP contribution in [0.4, 0.5) is 4.39 Å². The van der Waals surface area contributed by atoms with Gasteiger partial charge in [0.05, 0.1) is 7.11 Å². The number of halogens is 1. The van der Waals surface area contributed by atoms with Gasteiger partial charge in [0, 0.05) is 23.7 Å². The van der Waals surface area contributed by atoms with E-state index in [-0.39, 0.29) is 11.5 Å². The minimum absolute atomic E-state index is 0.0836. The Kier molecular flexibility index (Phi) is 3.82. The number of methoxy groups -OCH3 is 1. The Morgan fingerprint density at radius 2 is 1.95 bits per heavy atom. The standard InChI is InChI=1S/C16H19FN2O2/c1-21-15-8-10(6-7-11(15)17)14(20)9-16-18-12-4-2-3-5-13(12)19-16/h6-9,12-13,18-19H,2-5H2,1H3/t12-,13-/m0/s1. The zero-order valence-corrected chi connectivity index (χ0v) is 12.0. The van der Waals surface area contributed by atoms with Crippen molar-refractivity contribution in [2.75, 3.05) is 7.11 Å². The summed E-state index contributed by atoms with van der Waals surface area (Å²) in [6.07, 6.45) is 6.27. The van der Waals surface area contributed by atoms with Gasteiger partial charge in [-0.15, -0.1) is 0 Å². The van der Waals surface area contributed by atoms with Crippen molar-refractivity contribution in [1.82, 2.24) is 10.6 Å². The molecular formula is C16H19FN2O2. The number of carbonyl (C=O) groups excluding carboxylic acids is 1. The second-order valence-corrected chi connectivity index (χ2v) is 5.56. The number of nitrogens with one attached hydrogen (secondary N) is 2. The molecule has 0 unspecified atom stereocenters. The molecule has 0 radical (unpaired) electrons. The fourth-order valence-electron chi connectivity index (χ4n) is 3.03. The Morgan fingerprint density at radius 1 is 1.29 bits per heavy atom. The van der Waals surface area contributed by atoms with Gasteiger partial charge in [-0.3, -0.25) is 4.79 Å². The maximum absolute atomic E-state index is 13.4. The lowest BCUT2D eigenvalue weighted by Gasteiger charge is -2.23. The fourth-order valence-corrected chi connectivity index (χ4v) is 3.03. The quantitative estimate of drug-likeness (QED) is 0.663. The molecule has 1 aromatic rings. The molecule has 0 spiro atoms. The van der Waals surface area contributed by atoms with Crippen LogP contribution >= 0.6 is 0 Å². The van der Waals surface area contributed by atoms with Gasteiger partial charge in [-0.25, -0.2) is 4.39 Å². The molecule has 2 fully saturated rings. The van der Waals surface area contributed by atoms with Crippen LogP contribution < -0.4 is 15.4 Å². The monoisotopic (exact) mass is 290 g/mol. The second-order valence-electron chi connectivity index (χ2n) is 5.56. The molecule has 1 aliphatic heterocycles. The maximum atomic E-state index is 13.4. The molecule has 0 bridgehead atoms. The molecule has 1 aliphatic carbocycles. The van der Waals surface area contributed by atoms with Crippen LogP contribution in [-0.2, 0) is 0 Å². The van der Waals surface area contributed by atoms with Crippen molar-refractivity contribution in [1.29, 1.82) is 0 Å². The molecule has 4 nitrogen and oxygen atoms in total. The number of carbonyl (C=O) groups is 1. The summed E-state index contributed by atoms with van der Waals surface area (Å²) in [5.41, 5.74) is 0.416. The molecule has 1 heterocycles. The van der Waals surface area contributed by atoms with Crippen LogP contribution in [-0.4, -0.2) is 25.0 Å². The van der Waals surface area contributed by atoms with Gasteiger partial charge in [0.15, 0.2) is 17.3 Å². The van der Waals surface area contributed by atoms with Crippen LogP contribution in [0.5, 0.6) is 5.75 Å². The predicted octanol–water partition coefficient (Wildman–Crippen LogP) is 2.36. The Hall–Kier alpha value is -2.04. The van der Waals surface area contributed by atoms with Crippen LogP contribution in [0.3, 0.4) is 0 Å². The first kappa shape index (κ1) is 13.9. The first-order valence-corrected chi connectivity index (χ1v) is 7.30. The van der Waals surface area contributed by atoms with Gasteiger partial charge >= 0.3 is 0 Å². The number of ether oxygens (including phenoxy) is 1. The van der Waals surface area contributed by atoms with E-state index in [0.717, 1.165) is 18.7 Å². The molecule has 2 N–H and O–H groups in total. The molecule has 1 saturated carbocycles. The molecular weight excluding hydrogens is 271 g/mol. The van der Waals surface area contributed by atoms with Crippen molar-refractivity contribution >= 4 is 5.78 Å². The van der Waals surface area contributed by atoms with Crippen molar-refractivity contribution in [2.45, 2.75) is 37.8 Å².